The standard InChI is InChI=1S/C18H15N3O3S/c22-18(20-17-19-15-7-1-2-8-16(15)25-17)21(11-13-5-3-9-23-13)12-14-6-4-10-24-14/h1-10H,11-12H2,(H,19,20,22). The van der Waals surface area contributed by atoms with Gasteiger partial charge in [0.2, 0.25) is 0 Å². The molecule has 6 nitrogen and oxygen atoms in total. The molecule has 3 aromatic heterocycles. The van der Waals surface area contributed by atoms with Crippen LogP contribution >= 0.6 is 11.3 Å². The Labute approximate surface area is 147 Å². The molecule has 0 aliphatic heterocycles. The van der Waals surface area contributed by atoms with Gasteiger partial charge in [-0.2, -0.15) is 0 Å². The van der Waals surface area contributed by atoms with Gasteiger partial charge in [0.25, 0.3) is 0 Å². The lowest BCUT2D eigenvalue weighted by molar-refractivity contribution is 0.195. The van der Waals surface area contributed by atoms with Gasteiger partial charge < -0.3 is 13.7 Å². The maximum absolute atomic E-state index is 12.7. The summed E-state index contributed by atoms with van der Waals surface area (Å²) in [5.41, 5.74) is 0.867. The molecule has 0 aliphatic carbocycles. The molecule has 126 valence electrons. The number of carbonyl (C=O) groups excluding carboxylic acids is 1. The Balaban J connectivity index is 1.53. The van der Waals surface area contributed by atoms with Crippen molar-refractivity contribution in [3.8, 4) is 0 Å². The Hall–Kier alpha value is -3.06. The summed E-state index contributed by atoms with van der Waals surface area (Å²) in [6, 6.07) is 14.8. The van der Waals surface area contributed by atoms with Crippen LogP contribution in [0.4, 0.5) is 9.93 Å². The zero-order valence-corrected chi connectivity index (χ0v) is 14.0. The number of hydrogen-bond donors (Lipinski definition) is 1. The van der Waals surface area contributed by atoms with Gasteiger partial charge in [-0.1, -0.05) is 23.5 Å². The Bertz CT molecular complexity index is 891. The molecule has 0 fully saturated rings. The third-order valence-electron chi connectivity index (χ3n) is 3.65. The van der Waals surface area contributed by atoms with Crippen LogP contribution in [0.25, 0.3) is 10.2 Å². The number of carbonyl (C=O) groups is 1. The lowest BCUT2D eigenvalue weighted by atomic mass is 10.3. The molecule has 1 aromatic carbocycles. The van der Waals surface area contributed by atoms with E-state index in [1.165, 1.54) is 11.3 Å². The fourth-order valence-corrected chi connectivity index (χ4v) is 3.33. The molecular weight excluding hydrogens is 338 g/mol. The average molecular weight is 353 g/mol. The molecule has 3 heterocycles. The number of nitrogens with one attached hydrogen (secondary N) is 1. The summed E-state index contributed by atoms with van der Waals surface area (Å²) in [7, 11) is 0. The molecule has 0 bridgehead atoms. The molecule has 4 rings (SSSR count). The number of nitrogens with zero attached hydrogens (tertiary/aromatic N) is 2. The van der Waals surface area contributed by atoms with Crippen LogP contribution in [-0.2, 0) is 13.1 Å². The van der Waals surface area contributed by atoms with Gasteiger partial charge in [-0.25, -0.2) is 9.78 Å². The Morgan fingerprint density at radius 2 is 1.68 bits per heavy atom. The number of hydrogen-bond acceptors (Lipinski definition) is 5. The van der Waals surface area contributed by atoms with Crippen LogP contribution in [0.5, 0.6) is 0 Å². The quantitative estimate of drug-likeness (QED) is 0.564. The molecule has 0 unspecified atom stereocenters. The number of rotatable bonds is 5. The predicted octanol–water partition coefficient (Wildman–Crippen LogP) is 4.72. The van der Waals surface area contributed by atoms with Crippen LogP contribution in [0.3, 0.4) is 0 Å². The van der Waals surface area contributed by atoms with Crippen molar-refractivity contribution >= 4 is 32.7 Å². The summed E-state index contributed by atoms with van der Waals surface area (Å²) in [5, 5.41) is 3.43. The molecule has 4 aromatic rings. The van der Waals surface area contributed by atoms with E-state index in [2.05, 4.69) is 10.3 Å². The van der Waals surface area contributed by atoms with Gasteiger partial charge in [0.05, 0.1) is 35.8 Å². The molecule has 2 amide bonds. The largest absolute Gasteiger partial charge is 0.467 e. The lowest BCUT2D eigenvalue weighted by Crippen LogP contribution is -2.33. The number of furan rings is 2. The second-order valence-corrected chi connectivity index (χ2v) is 6.46. The van der Waals surface area contributed by atoms with E-state index >= 15 is 0 Å². The molecule has 0 spiro atoms. The van der Waals surface area contributed by atoms with Gasteiger partial charge in [0, 0.05) is 0 Å². The summed E-state index contributed by atoms with van der Waals surface area (Å²) >= 11 is 1.44. The summed E-state index contributed by atoms with van der Waals surface area (Å²) in [4.78, 5) is 18.8. The first-order valence-electron chi connectivity index (χ1n) is 7.74. The smallest absolute Gasteiger partial charge is 0.324 e. The van der Waals surface area contributed by atoms with Gasteiger partial charge in [-0.15, -0.1) is 0 Å². The van der Waals surface area contributed by atoms with Gasteiger partial charge in [-0.05, 0) is 36.4 Å². The number of aromatic nitrogens is 1. The van der Waals surface area contributed by atoms with Crippen molar-refractivity contribution in [3.05, 3.63) is 72.6 Å². The van der Waals surface area contributed by atoms with Crippen LogP contribution < -0.4 is 5.32 Å². The number of anilines is 1. The number of benzene rings is 1. The first kappa shape index (κ1) is 15.5. The molecule has 0 aliphatic rings. The Morgan fingerprint density at radius 1 is 1.00 bits per heavy atom. The zero-order valence-electron chi connectivity index (χ0n) is 13.2. The van der Waals surface area contributed by atoms with Gasteiger partial charge >= 0.3 is 6.03 Å². The first-order chi connectivity index (χ1) is 12.3. The molecule has 0 saturated carbocycles. The van der Waals surface area contributed by atoms with E-state index in [1.807, 2.05) is 36.4 Å². The van der Waals surface area contributed by atoms with Crippen LogP contribution in [0.15, 0.2) is 69.9 Å². The van der Waals surface area contributed by atoms with Crippen molar-refractivity contribution in [1.29, 1.82) is 0 Å². The van der Waals surface area contributed by atoms with Crippen molar-refractivity contribution in [2.45, 2.75) is 13.1 Å². The highest BCUT2D eigenvalue weighted by atomic mass is 32.1. The minimum absolute atomic E-state index is 0.258. The van der Waals surface area contributed by atoms with E-state index in [4.69, 9.17) is 8.83 Å². The van der Waals surface area contributed by atoms with Crippen molar-refractivity contribution in [2.75, 3.05) is 5.32 Å². The molecule has 0 radical (unpaired) electrons. The number of urea groups is 1. The Morgan fingerprint density at radius 3 is 2.28 bits per heavy atom. The fraction of sp³-hybridized carbons (Fsp3) is 0.111. The highest BCUT2D eigenvalue weighted by Crippen LogP contribution is 2.26. The minimum Gasteiger partial charge on any atom is -0.467 e. The van der Waals surface area contributed by atoms with Crippen molar-refractivity contribution in [2.24, 2.45) is 0 Å². The van der Waals surface area contributed by atoms with E-state index in [0.717, 1.165) is 10.2 Å². The zero-order chi connectivity index (χ0) is 17.1. The third-order valence-corrected chi connectivity index (χ3v) is 4.60. The number of amides is 2. The number of fused-ring (bicyclic) bond motifs is 1. The number of thiazole rings is 1. The van der Waals surface area contributed by atoms with Crippen LogP contribution in [0.2, 0.25) is 0 Å². The Kier molecular flexibility index (Phi) is 4.22. The van der Waals surface area contributed by atoms with Crippen LogP contribution in [0, 0.1) is 0 Å². The summed E-state index contributed by atoms with van der Waals surface area (Å²) < 4.78 is 11.8. The van der Waals surface area contributed by atoms with Crippen molar-refractivity contribution < 1.29 is 13.6 Å². The predicted molar refractivity (Wildman–Crippen MR) is 95.3 cm³/mol. The van der Waals surface area contributed by atoms with Crippen molar-refractivity contribution in [1.82, 2.24) is 9.88 Å². The van der Waals surface area contributed by atoms with Crippen LogP contribution in [0.1, 0.15) is 11.5 Å². The first-order valence-corrected chi connectivity index (χ1v) is 8.56. The fourth-order valence-electron chi connectivity index (χ4n) is 2.48. The highest BCUT2D eigenvalue weighted by molar-refractivity contribution is 7.22. The maximum atomic E-state index is 12.7. The van der Waals surface area contributed by atoms with E-state index in [-0.39, 0.29) is 6.03 Å². The molecular formula is C18H15N3O3S. The summed E-state index contributed by atoms with van der Waals surface area (Å²) in [5.74, 6) is 1.40. The molecule has 25 heavy (non-hydrogen) atoms. The maximum Gasteiger partial charge on any atom is 0.324 e. The molecule has 7 heteroatoms. The van der Waals surface area contributed by atoms with E-state index in [9.17, 15) is 4.79 Å². The van der Waals surface area contributed by atoms with Gasteiger partial charge in [0.15, 0.2) is 5.13 Å². The topological polar surface area (TPSA) is 71.5 Å². The minimum atomic E-state index is -0.258. The third kappa shape index (κ3) is 3.56. The van der Waals surface area contributed by atoms with Crippen LogP contribution in [-0.4, -0.2) is 15.9 Å². The monoisotopic (exact) mass is 353 g/mol. The van der Waals surface area contributed by atoms with Crippen molar-refractivity contribution in [3.63, 3.8) is 0 Å². The van der Waals surface area contributed by atoms with Gasteiger partial charge in [0.1, 0.15) is 11.5 Å². The summed E-state index contributed by atoms with van der Waals surface area (Å²) in [6.07, 6.45) is 3.18. The second-order valence-electron chi connectivity index (χ2n) is 5.43. The van der Waals surface area contributed by atoms with E-state index in [0.29, 0.717) is 29.7 Å². The molecule has 0 saturated heterocycles. The lowest BCUT2D eigenvalue weighted by Gasteiger charge is -2.20. The number of para-hydroxylation sites is 1. The summed E-state index contributed by atoms with van der Waals surface area (Å²) in [6.45, 7) is 0.675. The van der Waals surface area contributed by atoms with E-state index < -0.39 is 0 Å². The van der Waals surface area contributed by atoms with Gasteiger partial charge in [-0.3, -0.25) is 5.32 Å². The van der Waals surface area contributed by atoms with E-state index in [1.54, 1.807) is 29.6 Å². The highest BCUT2D eigenvalue weighted by Gasteiger charge is 2.18. The molecule has 0 atom stereocenters. The SMILES string of the molecule is O=C(Nc1nc2ccccc2s1)N(Cc1ccco1)Cc1ccco1. The average Bonchev–Trinajstić information content (AvgIpc) is 3.35. The second kappa shape index (κ2) is 6.82. The molecule has 1 N–H and O–H groups in total. The normalized spacial score (nSPS) is 10.9.